The van der Waals surface area contributed by atoms with Crippen LogP contribution in [0, 0.1) is 0 Å². The monoisotopic (exact) mass is 1080 g/mol. The number of aliphatic hydroxyl groups is 1. The number of nitrogens with zero attached hydrogens (tertiary/aromatic N) is 5. The van der Waals surface area contributed by atoms with Crippen LogP contribution in [0.1, 0.15) is 62.5 Å². The molecule has 0 radical (unpaired) electrons. The number of aliphatic hydroxyl groups excluding tert-OH is 1. The quantitative estimate of drug-likeness (QED) is 0.0230. The highest BCUT2D eigenvalue weighted by atomic mass is 32.2. The van der Waals surface area contributed by atoms with Crippen LogP contribution in [0.3, 0.4) is 0 Å². The summed E-state index contributed by atoms with van der Waals surface area (Å²) in [6, 6.07) is 7.92. The zero-order valence-corrected chi connectivity index (χ0v) is 43.0. The zero-order chi connectivity index (χ0) is 55.3. The van der Waals surface area contributed by atoms with Gasteiger partial charge in [-0.05, 0) is 62.5 Å². The number of carbonyl (C=O) groups is 9. The first-order valence-corrected chi connectivity index (χ1v) is 26.3. The van der Waals surface area contributed by atoms with Gasteiger partial charge in [-0.1, -0.05) is 60.7 Å². The third kappa shape index (κ3) is 17.5. The van der Waals surface area contributed by atoms with E-state index in [-0.39, 0.29) is 75.3 Å². The third-order valence-electron chi connectivity index (χ3n) is 13.0. The van der Waals surface area contributed by atoms with Gasteiger partial charge in [0.25, 0.3) is 0 Å². The summed E-state index contributed by atoms with van der Waals surface area (Å²) in [6.07, 6.45) is 2.29. The van der Waals surface area contributed by atoms with E-state index in [1.54, 1.807) is 60.7 Å². The number of thioether (sulfide) groups is 1. The van der Waals surface area contributed by atoms with Crippen LogP contribution in [0.25, 0.3) is 0 Å². The maximum atomic E-state index is 14.1. The predicted octanol–water partition coefficient (Wildman–Crippen LogP) is -4.08. The summed E-state index contributed by atoms with van der Waals surface area (Å²) in [6.45, 7) is -0.719. The van der Waals surface area contributed by atoms with Gasteiger partial charge in [0.05, 0.1) is 25.1 Å². The van der Waals surface area contributed by atoms with E-state index in [9.17, 15) is 53.4 Å². The highest BCUT2D eigenvalue weighted by Crippen LogP contribution is 2.27. The molecule has 17 N–H and O–H groups in total. The fourth-order valence-electron chi connectivity index (χ4n) is 9.12. The molecule has 414 valence electrons. The predicted molar refractivity (Wildman–Crippen MR) is 281 cm³/mol. The molecule has 3 aliphatic rings. The van der Waals surface area contributed by atoms with Crippen molar-refractivity contribution >= 4 is 76.9 Å². The lowest BCUT2D eigenvalue weighted by Crippen LogP contribution is -2.60. The van der Waals surface area contributed by atoms with Crippen LogP contribution in [0.15, 0.2) is 70.6 Å². The fourth-order valence-corrected chi connectivity index (χ4v) is 10.3. The Balaban J connectivity index is 1.21. The minimum Gasteiger partial charge on any atom is -0.480 e. The summed E-state index contributed by atoms with van der Waals surface area (Å²) < 4.78 is 0. The standard InChI is InChI=1S/C49H71N15O11S/c50-31(15-7-19-55-48(51)52)44(71)63-22-10-18-37(63)46(73)64-28-76-27-38(64)42(69)57-25-39(66)58-33(23-29-11-3-1-4-12-29)40(67)61-35(26-65)45(72)62-21-9-17-36(62)43(70)60-34(24-30-13-5-2-6-14-30)41(68)59-32(47(74)75)16-8-20-56-49(53)54/h1-6,11-14,31-38,65H,7-10,15-28,50H2,(H,57,69)(H,58,66)(H,59,68)(H,60,70)(H,61,67)(H,74,75)(H4,51,52,55)(H4,53,54,56)/t31-,32-,33-,34-,35-,36-,37-,38-/m0/s1. The van der Waals surface area contributed by atoms with Gasteiger partial charge in [-0.2, -0.15) is 0 Å². The number of nitrogens with two attached hydrogens (primary N) is 5. The van der Waals surface area contributed by atoms with E-state index in [0.717, 1.165) is 0 Å². The van der Waals surface area contributed by atoms with E-state index in [4.69, 9.17) is 28.7 Å². The molecule has 5 rings (SSSR count). The number of amides is 8. The molecule has 0 bridgehead atoms. The summed E-state index contributed by atoms with van der Waals surface area (Å²) in [5, 5.41) is 33.3. The number of guanidine groups is 2. The molecule has 0 saturated carbocycles. The van der Waals surface area contributed by atoms with Crippen molar-refractivity contribution in [2.75, 3.05) is 51.0 Å². The van der Waals surface area contributed by atoms with Gasteiger partial charge in [0.2, 0.25) is 47.3 Å². The van der Waals surface area contributed by atoms with Gasteiger partial charge in [0.1, 0.15) is 42.3 Å². The molecule has 8 amide bonds. The molecule has 0 unspecified atom stereocenters. The molecule has 3 saturated heterocycles. The molecule has 76 heavy (non-hydrogen) atoms. The Bertz CT molecular complexity index is 2410. The second-order valence-electron chi connectivity index (χ2n) is 18.6. The summed E-state index contributed by atoms with van der Waals surface area (Å²) in [5.41, 5.74) is 28.9. The number of carbonyl (C=O) groups excluding carboxylic acids is 8. The second kappa shape index (κ2) is 29.5. The maximum Gasteiger partial charge on any atom is 0.326 e. The number of aliphatic imine (C=N–C) groups is 2. The molecule has 8 atom stereocenters. The second-order valence-corrected chi connectivity index (χ2v) is 19.6. The van der Waals surface area contributed by atoms with E-state index in [1.807, 2.05) is 0 Å². The van der Waals surface area contributed by atoms with E-state index < -0.39 is 115 Å². The van der Waals surface area contributed by atoms with Gasteiger partial charge in [0, 0.05) is 44.8 Å². The molecule has 3 aliphatic heterocycles. The Hall–Kier alpha value is -7.52. The SMILES string of the molecule is NC(N)=NCCC[C@H](NC(=O)[C@H](Cc1ccccc1)NC(=O)[C@@H]1CCCN1C(=O)[C@H](CO)NC(=O)[C@H](Cc1ccccc1)NC(=O)CNC(=O)[C@@H]1CSCN1C(=O)[C@@H]1CCCN1C(=O)[C@@H](N)CCCN=C(N)N)C(=O)O. The van der Waals surface area contributed by atoms with Gasteiger partial charge < -0.3 is 80.2 Å². The minimum atomic E-state index is -1.59. The normalized spacial score (nSPS) is 19.0. The Morgan fingerprint density at radius 2 is 1.16 bits per heavy atom. The van der Waals surface area contributed by atoms with Crippen molar-refractivity contribution in [1.29, 1.82) is 0 Å². The van der Waals surface area contributed by atoms with Gasteiger partial charge in [-0.25, -0.2) is 4.79 Å². The van der Waals surface area contributed by atoms with Crippen molar-refractivity contribution in [3.8, 4) is 0 Å². The number of hydrogen-bond donors (Lipinski definition) is 12. The smallest absolute Gasteiger partial charge is 0.326 e. The summed E-state index contributed by atoms with van der Waals surface area (Å²) >= 11 is 1.33. The third-order valence-corrected chi connectivity index (χ3v) is 14.1. The van der Waals surface area contributed by atoms with Crippen LogP contribution in [0.2, 0.25) is 0 Å². The van der Waals surface area contributed by atoms with Gasteiger partial charge >= 0.3 is 5.97 Å². The zero-order valence-electron chi connectivity index (χ0n) is 42.2. The minimum absolute atomic E-state index is 0.0216. The van der Waals surface area contributed by atoms with Crippen molar-refractivity contribution in [3.05, 3.63) is 71.8 Å². The number of carboxylic acid groups (broad SMARTS) is 1. The first-order chi connectivity index (χ1) is 36.4. The largest absolute Gasteiger partial charge is 0.480 e. The fraction of sp³-hybridized carbons (Fsp3) is 0.531. The lowest BCUT2D eigenvalue weighted by atomic mass is 10.0. The molecule has 26 nitrogen and oxygen atoms in total. The van der Waals surface area contributed by atoms with Gasteiger partial charge in [-0.3, -0.25) is 48.3 Å². The van der Waals surface area contributed by atoms with Gasteiger partial charge in [-0.15, -0.1) is 11.8 Å². The van der Waals surface area contributed by atoms with Crippen molar-refractivity contribution in [1.82, 2.24) is 41.3 Å². The highest BCUT2D eigenvalue weighted by Gasteiger charge is 2.44. The molecule has 2 aromatic carbocycles. The van der Waals surface area contributed by atoms with Crippen LogP contribution in [0.4, 0.5) is 0 Å². The van der Waals surface area contributed by atoms with E-state index in [0.29, 0.717) is 49.8 Å². The Labute approximate surface area is 444 Å². The van der Waals surface area contributed by atoms with E-state index in [2.05, 4.69) is 36.6 Å². The van der Waals surface area contributed by atoms with Crippen LogP contribution >= 0.6 is 11.8 Å². The number of carboxylic acids is 1. The average Bonchev–Trinajstić information content (AvgIpc) is 4.22. The topological polar surface area (TPSA) is 419 Å². The number of benzene rings is 2. The average molecular weight is 1080 g/mol. The number of aliphatic carboxylic acids is 1. The molecule has 2 aromatic rings. The summed E-state index contributed by atoms with van der Waals surface area (Å²) in [7, 11) is 0. The van der Waals surface area contributed by atoms with Crippen molar-refractivity contribution in [2.24, 2.45) is 38.7 Å². The Morgan fingerprint density at radius 1 is 0.632 bits per heavy atom. The molecule has 3 heterocycles. The maximum absolute atomic E-state index is 14.1. The molecular weight excluding hydrogens is 1010 g/mol. The summed E-state index contributed by atoms with van der Waals surface area (Å²) in [5.74, 6) is -6.60. The van der Waals surface area contributed by atoms with Crippen LogP contribution in [0.5, 0.6) is 0 Å². The van der Waals surface area contributed by atoms with Crippen LogP contribution in [-0.4, -0.2) is 189 Å². The molecule has 0 aromatic heterocycles. The molecule has 0 aliphatic carbocycles. The van der Waals surface area contributed by atoms with Crippen molar-refractivity contribution in [2.45, 2.75) is 113 Å². The van der Waals surface area contributed by atoms with Crippen molar-refractivity contribution < 1.29 is 53.4 Å². The lowest BCUT2D eigenvalue weighted by Gasteiger charge is -2.31. The first-order valence-electron chi connectivity index (χ1n) is 25.1. The summed E-state index contributed by atoms with van der Waals surface area (Å²) in [4.78, 5) is 134. The van der Waals surface area contributed by atoms with Crippen LogP contribution < -0.4 is 55.3 Å². The Morgan fingerprint density at radius 3 is 1.71 bits per heavy atom. The number of hydrogen-bond acceptors (Lipinski definition) is 14. The van der Waals surface area contributed by atoms with Gasteiger partial charge in [0.15, 0.2) is 11.9 Å². The van der Waals surface area contributed by atoms with Crippen molar-refractivity contribution in [3.63, 3.8) is 0 Å². The first kappa shape index (κ1) is 59.4. The lowest BCUT2D eigenvalue weighted by molar-refractivity contribution is -0.147. The molecule has 0 spiro atoms. The van der Waals surface area contributed by atoms with E-state index in [1.165, 1.54) is 26.5 Å². The highest BCUT2D eigenvalue weighted by molar-refractivity contribution is 7.99. The molecule has 3 fully saturated rings. The molecular formula is C49H71N15O11S. The molecule has 27 heteroatoms. The Kier molecular flexibility index (Phi) is 23.1. The number of nitrogens with one attached hydrogen (secondary N) is 5. The van der Waals surface area contributed by atoms with Crippen LogP contribution in [-0.2, 0) is 56.0 Å². The number of likely N-dealkylation sites (tertiary alicyclic amines) is 2. The number of rotatable bonds is 27. The van der Waals surface area contributed by atoms with E-state index >= 15 is 0 Å².